The van der Waals surface area contributed by atoms with Gasteiger partial charge in [-0.1, -0.05) is 0 Å². The molecule has 0 spiro atoms. The molecular weight excluding hydrogens is 190 g/mol. The van der Waals surface area contributed by atoms with Crippen molar-refractivity contribution >= 4 is 11.5 Å². The predicted molar refractivity (Wildman–Crippen MR) is 60.7 cm³/mol. The van der Waals surface area contributed by atoms with E-state index in [2.05, 4.69) is 9.88 Å². The Balaban J connectivity index is 2.24. The molecule has 1 aromatic rings. The van der Waals surface area contributed by atoms with Gasteiger partial charge in [-0.2, -0.15) is 0 Å². The van der Waals surface area contributed by atoms with Crippen molar-refractivity contribution in [2.75, 3.05) is 23.8 Å². The average Bonchev–Trinajstić information content (AvgIpc) is 2.30. The molecule has 1 aromatic heterocycles. The number of pyridine rings is 1. The fourth-order valence-corrected chi connectivity index (χ4v) is 2.12. The van der Waals surface area contributed by atoms with Gasteiger partial charge in [0.15, 0.2) is 5.82 Å². The van der Waals surface area contributed by atoms with Crippen LogP contribution in [0.25, 0.3) is 0 Å². The van der Waals surface area contributed by atoms with Crippen LogP contribution in [0.3, 0.4) is 0 Å². The molecule has 1 aliphatic rings. The van der Waals surface area contributed by atoms with Crippen molar-refractivity contribution in [2.45, 2.75) is 25.3 Å². The summed E-state index contributed by atoms with van der Waals surface area (Å²) in [5.74, 6) is 0.816. The Morgan fingerprint density at radius 3 is 3.13 bits per heavy atom. The molecule has 0 radical (unpaired) electrons. The van der Waals surface area contributed by atoms with E-state index in [1.165, 1.54) is 6.42 Å². The van der Waals surface area contributed by atoms with Crippen LogP contribution in [0.2, 0.25) is 0 Å². The maximum absolute atomic E-state index is 9.30. The number of nitrogens with zero attached hydrogens (tertiary/aromatic N) is 2. The zero-order chi connectivity index (χ0) is 10.7. The highest BCUT2D eigenvalue weighted by Gasteiger charge is 2.23. The average molecular weight is 207 g/mol. The second-order valence-electron chi connectivity index (χ2n) is 3.94. The van der Waals surface area contributed by atoms with E-state index in [0.717, 1.165) is 25.2 Å². The molecule has 1 fully saturated rings. The monoisotopic (exact) mass is 207 g/mol. The molecule has 2 rings (SSSR count). The van der Waals surface area contributed by atoms with Crippen LogP contribution >= 0.6 is 0 Å². The van der Waals surface area contributed by atoms with Crippen molar-refractivity contribution in [1.82, 2.24) is 4.98 Å². The molecule has 1 unspecified atom stereocenters. The fourth-order valence-electron chi connectivity index (χ4n) is 2.12. The van der Waals surface area contributed by atoms with Gasteiger partial charge in [0, 0.05) is 12.7 Å². The van der Waals surface area contributed by atoms with Crippen molar-refractivity contribution < 1.29 is 5.11 Å². The zero-order valence-corrected chi connectivity index (χ0v) is 8.76. The quantitative estimate of drug-likeness (QED) is 0.760. The molecule has 0 saturated carbocycles. The van der Waals surface area contributed by atoms with E-state index in [9.17, 15) is 5.11 Å². The summed E-state index contributed by atoms with van der Waals surface area (Å²) in [5, 5.41) is 9.30. The zero-order valence-electron chi connectivity index (χ0n) is 8.76. The standard InChI is InChI=1S/C11H17N3O/c12-10-5-3-6-13-11(10)14-7-2-1-4-9(14)8-15/h3,5-6,9,15H,1-2,4,7-8,12H2. The number of piperidine rings is 1. The maximum Gasteiger partial charge on any atom is 0.152 e. The number of nitrogens with two attached hydrogens (primary N) is 1. The molecular formula is C11H17N3O. The first-order valence-corrected chi connectivity index (χ1v) is 5.41. The second-order valence-corrected chi connectivity index (χ2v) is 3.94. The van der Waals surface area contributed by atoms with E-state index < -0.39 is 0 Å². The Hall–Kier alpha value is -1.29. The summed E-state index contributed by atoms with van der Waals surface area (Å²) < 4.78 is 0. The van der Waals surface area contributed by atoms with Crippen molar-refractivity contribution in [3.8, 4) is 0 Å². The molecule has 82 valence electrons. The topological polar surface area (TPSA) is 62.4 Å². The Labute approximate surface area is 89.7 Å². The van der Waals surface area contributed by atoms with E-state index in [4.69, 9.17) is 5.73 Å². The van der Waals surface area contributed by atoms with E-state index >= 15 is 0 Å². The van der Waals surface area contributed by atoms with Crippen LogP contribution in [0, 0.1) is 0 Å². The SMILES string of the molecule is Nc1cccnc1N1CCCCC1CO. The van der Waals surface area contributed by atoms with Crippen LogP contribution in [0.5, 0.6) is 0 Å². The minimum absolute atomic E-state index is 0.177. The summed E-state index contributed by atoms with van der Waals surface area (Å²) in [7, 11) is 0. The Morgan fingerprint density at radius 1 is 1.53 bits per heavy atom. The van der Waals surface area contributed by atoms with Crippen LogP contribution in [0.15, 0.2) is 18.3 Å². The minimum atomic E-state index is 0.177. The normalized spacial score (nSPS) is 21.7. The highest BCUT2D eigenvalue weighted by molar-refractivity contribution is 5.62. The summed E-state index contributed by atoms with van der Waals surface area (Å²) in [6.45, 7) is 1.11. The van der Waals surface area contributed by atoms with Gasteiger partial charge in [0.05, 0.1) is 18.3 Å². The first-order chi connectivity index (χ1) is 7.33. The van der Waals surface area contributed by atoms with Gasteiger partial charge in [-0.3, -0.25) is 0 Å². The first kappa shape index (κ1) is 10.2. The number of aliphatic hydroxyl groups excluding tert-OH is 1. The van der Waals surface area contributed by atoms with Gasteiger partial charge in [-0.15, -0.1) is 0 Å². The minimum Gasteiger partial charge on any atom is -0.396 e. The summed E-state index contributed by atoms with van der Waals surface area (Å²) in [5.41, 5.74) is 6.57. The number of hydrogen-bond donors (Lipinski definition) is 2. The summed E-state index contributed by atoms with van der Waals surface area (Å²) in [6, 6.07) is 3.86. The molecule has 0 aliphatic carbocycles. The lowest BCUT2D eigenvalue weighted by Crippen LogP contribution is -2.42. The summed E-state index contributed by atoms with van der Waals surface area (Å²) in [6.07, 6.45) is 5.09. The van der Waals surface area contributed by atoms with Gasteiger partial charge in [-0.25, -0.2) is 4.98 Å². The predicted octanol–water partition coefficient (Wildman–Crippen LogP) is 1.01. The highest BCUT2D eigenvalue weighted by atomic mass is 16.3. The second kappa shape index (κ2) is 4.49. The van der Waals surface area contributed by atoms with Gasteiger partial charge in [0.25, 0.3) is 0 Å². The van der Waals surface area contributed by atoms with Gasteiger partial charge in [0.2, 0.25) is 0 Å². The van der Waals surface area contributed by atoms with Gasteiger partial charge >= 0.3 is 0 Å². The number of aromatic nitrogens is 1. The number of hydrogen-bond acceptors (Lipinski definition) is 4. The van der Waals surface area contributed by atoms with Crippen LogP contribution in [0.1, 0.15) is 19.3 Å². The van der Waals surface area contributed by atoms with Crippen molar-refractivity contribution in [2.24, 2.45) is 0 Å². The number of nitrogen functional groups attached to an aromatic ring is 1. The Kier molecular flexibility index (Phi) is 3.06. The molecule has 15 heavy (non-hydrogen) atoms. The van der Waals surface area contributed by atoms with E-state index in [-0.39, 0.29) is 12.6 Å². The van der Waals surface area contributed by atoms with Gasteiger partial charge in [-0.05, 0) is 31.4 Å². The lowest BCUT2D eigenvalue weighted by Gasteiger charge is -2.36. The molecule has 1 saturated heterocycles. The first-order valence-electron chi connectivity index (χ1n) is 5.41. The molecule has 3 N–H and O–H groups in total. The summed E-state index contributed by atoms with van der Waals surface area (Å²) >= 11 is 0. The van der Waals surface area contributed by atoms with Crippen molar-refractivity contribution in [3.63, 3.8) is 0 Å². The smallest absolute Gasteiger partial charge is 0.152 e. The molecule has 4 heteroatoms. The van der Waals surface area contributed by atoms with Crippen LogP contribution < -0.4 is 10.6 Å². The molecule has 2 heterocycles. The molecule has 0 bridgehead atoms. The largest absolute Gasteiger partial charge is 0.396 e. The molecule has 4 nitrogen and oxygen atoms in total. The third-order valence-electron chi connectivity index (χ3n) is 2.93. The van der Waals surface area contributed by atoms with Gasteiger partial charge < -0.3 is 15.7 Å². The van der Waals surface area contributed by atoms with E-state index in [0.29, 0.717) is 5.69 Å². The lowest BCUT2D eigenvalue weighted by molar-refractivity contribution is 0.239. The lowest BCUT2D eigenvalue weighted by atomic mass is 10.0. The van der Waals surface area contributed by atoms with Gasteiger partial charge in [0.1, 0.15) is 0 Å². The molecule has 1 atom stereocenters. The molecule has 0 aromatic carbocycles. The third-order valence-corrected chi connectivity index (χ3v) is 2.93. The highest BCUT2D eigenvalue weighted by Crippen LogP contribution is 2.26. The number of aliphatic hydroxyl groups is 1. The van der Waals surface area contributed by atoms with Crippen LogP contribution in [0.4, 0.5) is 11.5 Å². The third kappa shape index (κ3) is 2.04. The molecule has 0 amide bonds. The fraction of sp³-hybridized carbons (Fsp3) is 0.545. The van der Waals surface area contributed by atoms with Crippen molar-refractivity contribution in [3.05, 3.63) is 18.3 Å². The van der Waals surface area contributed by atoms with Crippen LogP contribution in [-0.4, -0.2) is 29.3 Å². The van der Waals surface area contributed by atoms with E-state index in [1.54, 1.807) is 6.20 Å². The van der Waals surface area contributed by atoms with Crippen LogP contribution in [-0.2, 0) is 0 Å². The summed E-state index contributed by atoms with van der Waals surface area (Å²) in [4.78, 5) is 6.41. The number of rotatable bonds is 2. The van der Waals surface area contributed by atoms with E-state index in [1.807, 2.05) is 12.1 Å². The number of anilines is 2. The Morgan fingerprint density at radius 2 is 2.40 bits per heavy atom. The maximum atomic E-state index is 9.30. The molecule has 1 aliphatic heterocycles. The Bertz CT molecular complexity index is 329. The van der Waals surface area contributed by atoms with Crippen molar-refractivity contribution in [1.29, 1.82) is 0 Å².